The summed E-state index contributed by atoms with van der Waals surface area (Å²) in [7, 11) is 0. The summed E-state index contributed by atoms with van der Waals surface area (Å²) < 4.78 is 63.4. The van der Waals surface area contributed by atoms with Gasteiger partial charge in [-0.2, -0.15) is 23.7 Å². The zero-order chi connectivity index (χ0) is 24.1. The number of carbonyl (C=O) groups excluding carboxylic acids is 1. The van der Waals surface area contributed by atoms with Crippen molar-refractivity contribution in [2.75, 3.05) is 19.7 Å². The van der Waals surface area contributed by atoms with E-state index < -0.39 is 41.7 Å². The first-order valence-electron chi connectivity index (χ1n) is 10.3. The third-order valence-electron chi connectivity index (χ3n) is 5.71. The van der Waals surface area contributed by atoms with E-state index in [0.29, 0.717) is 31.2 Å². The van der Waals surface area contributed by atoms with Crippen molar-refractivity contribution in [3.63, 3.8) is 0 Å². The predicted molar refractivity (Wildman–Crippen MR) is 111 cm³/mol. The van der Waals surface area contributed by atoms with Gasteiger partial charge in [-0.3, -0.25) is 4.79 Å². The molecule has 1 fully saturated rings. The maximum Gasteiger partial charge on any atom is 0.428 e. The zero-order valence-electron chi connectivity index (χ0n) is 17.5. The molecule has 2 aliphatic rings. The molecule has 1 amide bonds. The second kappa shape index (κ2) is 9.74. The Morgan fingerprint density at radius 2 is 2.03 bits per heavy atom. The second-order valence-corrected chi connectivity index (χ2v) is 7.90. The molecule has 0 spiro atoms. The number of benzene rings is 1. The third-order valence-corrected chi connectivity index (χ3v) is 5.71. The number of ether oxygens (including phenoxy) is 1. The molecule has 3 rings (SSSR count). The van der Waals surface area contributed by atoms with Crippen molar-refractivity contribution in [3.8, 4) is 12.1 Å². The molecule has 1 aliphatic carbocycles. The molecule has 0 bridgehead atoms. The van der Waals surface area contributed by atoms with Gasteiger partial charge in [-0.15, -0.1) is 0 Å². The van der Waals surface area contributed by atoms with Crippen LogP contribution >= 0.6 is 0 Å². The topological polar surface area (TPSA) is 97.9 Å². The molecule has 1 saturated heterocycles. The zero-order valence-corrected chi connectivity index (χ0v) is 17.5. The second-order valence-electron chi connectivity index (χ2n) is 7.90. The smallest absolute Gasteiger partial charge is 0.367 e. The van der Waals surface area contributed by atoms with Gasteiger partial charge in [0, 0.05) is 19.6 Å². The molecule has 3 unspecified atom stereocenters. The maximum atomic E-state index is 15.8. The minimum Gasteiger partial charge on any atom is -0.367 e. The summed E-state index contributed by atoms with van der Waals surface area (Å²) in [6.07, 6.45) is -4.20. The van der Waals surface area contributed by atoms with Crippen molar-refractivity contribution in [1.82, 2.24) is 10.6 Å². The van der Waals surface area contributed by atoms with Crippen LogP contribution in [-0.2, 0) is 9.53 Å². The lowest BCUT2D eigenvalue weighted by Gasteiger charge is -2.41. The number of halogens is 4. The van der Waals surface area contributed by atoms with Crippen molar-refractivity contribution in [2.45, 2.75) is 36.8 Å². The summed E-state index contributed by atoms with van der Waals surface area (Å²) >= 11 is 0. The van der Waals surface area contributed by atoms with Crippen LogP contribution in [-0.4, -0.2) is 49.6 Å². The minimum absolute atomic E-state index is 0.0447. The van der Waals surface area contributed by atoms with E-state index in [-0.39, 0.29) is 12.1 Å². The molecule has 1 aromatic rings. The molecule has 1 aliphatic heterocycles. The minimum atomic E-state index is -5.45. The first kappa shape index (κ1) is 24.4. The molecule has 33 heavy (non-hydrogen) atoms. The van der Waals surface area contributed by atoms with Gasteiger partial charge in [0.05, 0.1) is 12.1 Å². The van der Waals surface area contributed by atoms with E-state index in [1.54, 1.807) is 24.3 Å². The number of nitrogens with one attached hydrogen (secondary N) is 2. The molecule has 1 heterocycles. The SMILES string of the molecule is N#C[C@H](CC1(C#N)C=CC(c2ccccc2)=CC1(F)C(F)(F)F)NC(=O)C1CNCCCO1. The van der Waals surface area contributed by atoms with E-state index in [4.69, 9.17) is 4.74 Å². The standard InChI is InChI=1S/C23H22F4N4O2/c24-22(23(25,26)27)11-17(16-5-2-1-3-6-16)7-8-21(22,15-29)12-18(13-28)31-20(32)19-14-30-9-4-10-33-19/h1-3,5-8,11,18-19,30H,4,9-10,12,14H2,(H,31,32)/t18-,19?,21?,22?/m0/s1. The largest absolute Gasteiger partial charge is 0.428 e. The normalized spacial score (nSPS) is 28.5. The van der Waals surface area contributed by atoms with Crippen LogP contribution in [0.25, 0.3) is 5.57 Å². The number of hydrogen-bond donors (Lipinski definition) is 2. The Labute approximate surface area is 188 Å². The molecule has 0 saturated carbocycles. The fraction of sp³-hybridized carbons (Fsp3) is 0.435. The maximum absolute atomic E-state index is 15.8. The molecule has 0 aromatic heterocycles. The summed E-state index contributed by atoms with van der Waals surface area (Å²) in [6, 6.07) is 9.45. The molecular formula is C23H22F4N4O2. The Kier molecular flexibility index (Phi) is 7.21. The first-order chi connectivity index (χ1) is 15.7. The summed E-state index contributed by atoms with van der Waals surface area (Å²) in [5, 5.41) is 24.5. The Morgan fingerprint density at radius 1 is 1.30 bits per heavy atom. The van der Waals surface area contributed by atoms with Crippen LogP contribution in [0.4, 0.5) is 17.6 Å². The van der Waals surface area contributed by atoms with Crippen LogP contribution in [0, 0.1) is 28.1 Å². The molecule has 0 radical (unpaired) electrons. The van der Waals surface area contributed by atoms with E-state index in [1.165, 1.54) is 24.3 Å². The summed E-state index contributed by atoms with van der Waals surface area (Å²) in [5.74, 6) is -0.721. The van der Waals surface area contributed by atoms with E-state index in [0.717, 1.165) is 6.08 Å². The van der Waals surface area contributed by atoms with Crippen molar-refractivity contribution < 1.29 is 27.1 Å². The number of nitrogens with zero attached hydrogens (tertiary/aromatic N) is 2. The Hall–Kier alpha value is -3.21. The highest BCUT2D eigenvalue weighted by Crippen LogP contribution is 2.54. The van der Waals surface area contributed by atoms with E-state index in [1.807, 2.05) is 0 Å². The van der Waals surface area contributed by atoms with Crippen molar-refractivity contribution in [3.05, 3.63) is 54.1 Å². The van der Waals surface area contributed by atoms with E-state index >= 15 is 4.39 Å². The lowest BCUT2D eigenvalue weighted by molar-refractivity contribution is -0.235. The summed E-state index contributed by atoms with van der Waals surface area (Å²) in [6.45, 7) is 1.08. The average Bonchev–Trinajstić information content (AvgIpc) is 3.09. The van der Waals surface area contributed by atoms with Crippen LogP contribution in [0.3, 0.4) is 0 Å². The predicted octanol–water partition coefficient (Wildman–Crippen LogP) is 3.20. The van der Waals surface area contributed by atoms with Crippen molar-refractivity contribution >= 4 is 11.5 Å². The number of nitriles is 2. The quantitative estimate of drug-likeness (QED) is 0.655. The molecule has 10 heteroatoms. The monoisotopic (exact) mass is 462 g/mol. The Morgan fingerprint density at radius 3 is 2.67 bits per heavy atom. The number of rotatable bonds is 5. The Bertz CT molecular complexity index is 1000. The van der Waals surface area contributed by atoms with Gasteiger partial charge in [-0.1, -0.05) is 42.5 Å². The highest BCUT2D eigenvalue weighted by molar-refractivity contribution is 5.82. The van der Waals surface area contributed by atoms with Crippen LogP contribution in [0.5, 0.6) is 0 Å². The molecule has 4 atom stereocenters. The van der Waals surface area contributed by atoms with Gasteiger partial charge in [0.15, 0.2) is 0 Å². The molecule has 174 valence electrons. The summed E-state index contributed by atoms with van der Waals surface area (Å²) in [5.41, 5.74) is -6.55. The number of amides is 1. The molecule has 6 nitrogen and oxygen atoms in total. The van der Waals surface area contributed by atoms with Gasteiger partial charge in [0.25, 0.3) is 5.91 Å². The fourth-order valence-electron chi connectivity index (χ4n) is 3.87. The van der Waals surface area contributed by atoms with Crippen LogP contribution in [0.1, 0.15) is 18.4 Å². The van der Waals surface area contributed by atoms with Crippen molar-refractivity contribution in [1.29, 1.82) is 10.5 Å². The van der Waals surface area contributed by atoms with Gasteiger partial charge in [-0.05, 0) is 30.2 Å². The number of carbonyl (C=O) groups is 1. The third kappa shape index (κ3) is 4.92. The Balaban J connectivity index is 1.91. The first-order valence-corrected chi connectivity index (χ1v) is 10.3. The van der Waals surface area contributed by atoms with Gasteiger partial charge < -0.3 is 15.4 Å². The lowest BCUT2D eigenvalue weighted by atomic mass is 9.66. The highest BCUT2D eigenvalue weighted by Gasteiger charge is 2.68. The number of alkyl halides is 4. The van der Waals surface area contributed by atoms with Crippen LogP contribution < -0.4 is 10.6 Å². The van der Waals surface area contributed by atoms with E-state index in [9.17, 15) is 28.5 Å². The van der Waals surface area contributed by atoms with Gasteiger partial charge in [0.1, 0.15) is 17.6 Å². The lowest BCUT2D eigenvalue weighted by Crippen LogP contribution is -2.56. The molecule has 1 aromatic carbocycles. The van der Waals surface area contributed by atoms with Crippen LogP contribution in [0.2, 0.25) is 0 Å². The number of hydrogen-bond acceptors (Lipinski definition) is 5. The van der Waals surface area contributed by atoms with Gasteiger partial charge in [-0.25, -0.2) is 4.39 Å². The van der Waals surface area contributed by atoms with Gasteiger partial charge >= 0.3 is 6.18 Å². The average molecular weight is 462 g/mol. The van der Waals surface area contributed by atoms with Crippen molar-refractivity contribution in [2.24, 2.45) is 5.41 Å². The molecule has 2 N–H and O–H groups in total. The summed E-state index contributed by atoms with van der Waals surface area (Å²) in [4.78, 5) is 12.5. The van der Waals surface area contributed by atoms with Gasteiger partial charge in [0.2, 0.25) is 5.67 Å². The number of allylic oxidation sites excluding steroid dienone is 4. The molecular weight excluding hydrogens is 440 g/mol. The van der Waals surface area contributed by atoms with Crippen LogP contribution in [0.15, 0.2) is 48.6 Å². The van der Waals surface area contributed by atoms with E-state index in [2.05, 4.69) is 10.6 Å². The highest BCUT2D eigenvalue weighted by atomic mass is 19.4. The fourth-order valence-corrected chi connectivity index (χ4v) is 3.87.